The number of nitrogens with one attached hydrogen (secondary N) is 2. The summed E-state index contributed by atoms with van der Waals surface area (Å²) >= 11 is 8.03. The smallest absolute Gasteiger partial charge is 0.264 e. The first-order valence-electron chi connectivity index (χ1n) is 7.66. The minimum absolute atomic E-state index is 0.176. The molecule has 0 radical (unpaired) electrons. The fourth-order valence-corrected chi connectivity index (χ4v) is 3.99. The summed E-state index contributed by atoms with van der Waals surface area (Å²) in [6.07, 6.45) is 0. The van der Waals surface area contributed by atoms with Gasteiger partial charge in [-0.15, -0.1) is 0 Å². The fraction of sp³-hybridized carbons (Fsp3) is 0.111. The lowest BCUT2D eigenvalue weighted by Gasteiger charge is -2.07. The van der Waals surface area contributed by atoms with E-state index in [9.17, 15) is 4.79 Å². The molecule has 1 heterocycles. The Morgan fingerprint density at radius 2 is 1.88 bits per heavy atom. The first-order valence-corrected chi connectivity index (χ1v) is 10.1. The van der Waals surface area contributed by atoms with Crippen LogP contribution in [0.15, 0.2) is 57.6 Å². The summed E-state index contributed by atoms with van der Waals surface area (Å²) in [6, 6.07) is 15.3. The number of aromatic nitrogens is 1. The van der Waals surface area contributed by atoms with Crippen molar-refractivity contribution < 1.29 is 9.53 Å². The van der Waals surface area contributed by atoms with Gasteiger partial charge in [0.2, 0.25) is 0 Å². The van der Waals surface area contributed by atoms with E-state index in [-0.39, 0.29) is 5.91 Å². The molecule has 0 aliphatic rings. The van der Waals surface area contributed by atoms with Crippen molar-refractivity contribution >= 4 is 59.9 Å². The van der Waals surface area contributed by atoms with E-state index in [0.717, 1.165) is 15.7 Å². The average Bonchev–Trinajstić information content (AvgIpc) is 3.02. The molecule has 2 aromatic carbocycles. The van der Waals surface area contributed by atoms with Gasteiger partial charge >= 0.3 is 0 Å². The van der Waals surface area contributed by atoms with Crippen LogP contribution in [-0.4, -0.2) is 18.0 Å². The summed E-state index contributed by atoms with van der Waals surface area (Å²) in [5.74, 6) is 0.533. The van der Waals surface area contributed by atoms with Gasteiger partial charge in [-0.05, 0) is 45.8 Å². The monoisotopic (exact) mass is 495 g/mol. The first kappa shape index (κ1) is 18.9. The second-order valence-electron chi connectivity index (χ2n) is 5.27. The highest BCUT2D eigenvalue weighted by Crippen LogP contribution is 2.32. The molecule has 0 bridgehead atoms. The second kappa shape index (κ2) is 8.66. The summed E-state index contributed by atoms with van der Waals surface area (Å²) in [4.78, 5) is 17.3. The maximum atomic E-state index is 12.5. The Morgan fingerprint density at radius 1 is 1.15 bits per heavy atom. The number of para-hydroxylation sites is 2. The van der Waals surface area contributed by atoms with Crippen LogP contribution in [0, 0.1) is 0 Å². The molecule has 0 fully saturated rings. The van der Waals surface area contributed by atoms with Gasteiger partial charge in [0.05, 0.1) is 12.8 Å². The average molecular weight is 497 g/mol. The Balaban J connectivity index is 1.69. The van der Waals surface area contributed by atoms with Crippen molar-refractivity contribution in [2.75, 3.05) is 12.4 Å². The molecule has 5 nitrogen and oxygen atoms in total. The van der Waals surface area contributed by atoms with Crippen molar-refractivity contribution in [3.05, 3.63) is 68.0 Å². The molecule has 26 heavy (non-hydrogen) atoms. The Hall–Kier alpha value is -1.90. The molecule has 1 amide bonds. The number of rotatable bonds is 6. The number of amides is 1. The second-order valence-corrected chi connectivity index (χ2v) is 7.94. The van der Waals surface area contributed by atoms with Crippen molar-refractivity contribution in [2.24, 2.45) is 0 Å². The van der Waals surface area contributed by atoms with Gasteiger partial charge in [-0.2, -0.15) is 0 Å². The number of ether oxygens (including phenoxy) is 1. The molecular weight excluding hydrogens is 482 g/mol. The predicted octanol–water partition coefficient (Wildman–Crippen LogP) is 5.35. The summed E-state index contributed by atoms with van der Waals surface area (Å²) in [5, 5.41) is 6.70. The molecule has 3 aromatic rings. The standard InChI is InChI=1S/C18H15Br2N3O2S/c1-25-14-5-3-2-4-13(14)22-18-23-16(20)15(26-18)17(24)21-10-11-6-8-12(19)9-7-11/h2-9H,10H2,1H3,(H,21,24)(H,22,23). The quantitative estimate of drug-likeness (QED) is 0.482. The molecule has 0 spiro atoms. The molecule has 2 N–H and O–H groups in total. The Morgan fingerprint density at radius 3 is 2.62 bits per heavy atom. The van der Waals surface area contributed by atoms with Crippen LogP contribution < -0.4 is 15.4 Å². The van der Waals surface area contributed by atoms with Gasteiger partial charge in [0.15, 0.2) is 5.13 Å². The predicted molar refractivity (Wildman–Crippen MR) is 111 cm³/mol. The van der Waals surface area contributed by atoms with Gasteiger partial charge in [-0.3, -0.25) is 4.79 Å². The number of anilines is 2. The fourth-order valence-electron chi connectivity index (χ4n) is 2.22. The van der Waals surface area contributed by atoms with Crippen LogP contribution in [0.5, 0.6) is 5.75 Å². The van der Waals surface area contributed by atoms with Crippen LogP contribution in [0.25, 0.3) is 0 Å². The number of benzene rings is 2. The summed E-state index contributed by atoms with van der Waals surface area (Å²) < 4.78 is 6.83. The third-order valence-electron chi connectivity index (χ3n) is 3.51. The maximum absolute atomic E-state index is 12.5. The Labute approximate surface area is 172 Å². The lowest BCUT2D eigenvalue weighted by atomic mass is 10.2. The zero-order valence-electron chi connectivity index (χ0n) is 13.8. The van der Waals surface area contributed by atoms with Crippen molar-refractivity contribution in [1.29, 1.82) is 0 Å². The Kier molecular flexibility index (Phi) is 6.29. The van der Waals surface area contributed by atoms with Gasteiger partial charge in [0, 0.05) is 11.0 Å². The van der Waals surface area contributed by atoms with Crippen LogP contribution in [-0.2, 0) is 6.54 Å². The van der Waals surface area contributed by atoms with Crippen molar-refractivity contribution in [1.82, 2.24) is 10.3 Å². The molecule has 3 rings (SSSR count). The molecule has 8 heteroatoms. The van der Waals surface area contributed by atoms with Gasteiger partial charge in [0.25, 0.3) is 5.91 Å². The molecule has 0 aliphatic heterocycles. The summed E-state index contributed by atoms with van der Waals surface area (Å²) in [5.41, 5.74) is 1.81. The largest absolute Gasteiger partial charge is 0.495 e. The van der Waals surface area contributed by atoms with E-state index in [1.54, 1.807) is 7.11 Å². The lowest BCUT2D eigenvalue weighted by molar-refractivity contribution is 0.0954. The summed E-state index contributed by atoms with van der Waals surface area (Å²) in [6.45, 7) is 0.450. The van der Waals surface area contributed by atoms with Crippen molar-refractivity contribution in [3.63, 3.8) is 0 Å². The molecular formula is C18H15Br2N3O2S. The number of hydrogen-bond acceptors (Lipinski definition) is 5. The molecule has 0 saturated carbocycles. The number of hydrogen-bond donors (Lipinski definition) is 2. The number of thiazole rings is 1. The molecule has 134 valence electrons. The number of halogens is 2. The minimum atomic E-state index is -0.176. The molecule has 1 aromatic heterocycles. The van der Waals surface area contributed by atoms with E-state index in [0.29, 0.717) is 26.9 Å². The third kappa shape index (κ3) is 4.63. The van der Waals surface area contributed by atoms with Crippen molar-refractivity contribution in [2.45, 2.75) is 6.54 Å². The summed E-state index contributed by atoms with van der Waals surface area (Å²) in [7, 11) is 1.61. The minimum Gasteiger partial charge on any atom is -0.495 e. The Bertz CT molecular complexity index is 913. The topological polar surface area (TPSA) is 63.2 Å². The molecule has 0 unspecified atom stereocenters. The van der Waals surface area contributed by atoms with E-state index in [1.807, 2.05) is 48.5 Å². The van der Waals surface area contributed by atoms with E-state index in [2.05, 4.69) is 47.5 Å². The highest BCUT2D eigenvalue weighted by molar-refractivity contribution is 9.10. The van der Waals surface area contributed by atoms with Crippen molar-refractivity contribution in [3.8, 4) is 5.75 Å². The normalized spacial score (nSPS) is 10.4. The van der Waals surface area contributed by atoms with Crippen LogP contribution in [0.2, 0.25) is 0 Å². The number of carbonyl (C=O) groups excluding carboxylic acids is 1. The molecule has 0 atom stereocenters. The molecule has 0 aliphatic carbocycles. The van der Waals surface area contributed by atoms with E-state index >= 15 is 0 Å². The number of nitrogens with zero attached hydrogens (tertiary/aromatic N) is 1. The van der Waals surface area contributed by atoms with Gasteiger partial charge in [-0.25, -0.2) is 4.98 Å². The maximum Gasteiger partial charge on any atom is 0.264 e. The van der Waals surface area contributed by atoms with Crippen LogP contribution in [0.1, 0.15) is 15.2 Å². The third-order valence-corrected chi connectivity index (χ3v) is 5.84. The van der Waals surface area contributed by atoms with Crippen LogP contribution in [0.4, 0.5) is 10.8 Å². The van der Waals surface area contributed by atoms with Gasteiger partial charge in [-0.1, -0.05) is 51.5 Å². The SMILES string of the molecule is COc1ccccc1Nc1nc(Br)c(C(=O)NCc2ccc(Br)cc2)s1. The van der Waals surface area contributed by atoms with E-state index < -0.39 is 0 Å². The molecule has 0 saturated heterocycles. The van der Waals surface area contributed by atoms with Crippen LogP contribution in [0.3, 0.4) is 0 Å². The van der Waals surface area contributed by atoms with Gasteiger partial charge < -0.3 is 15.4 Å². The number of carbonyl (C=O) groups is 1. The highest BCUT2D eigenvalue weighted by atomic mass is 79.9. The zero-order chi connectivity index (χ0) is 18.5. The lowest BCUT2D eigenvalue weighted by Crippen LogP contribution is -2.22. The first-order chi connectivity index (χ1) is 12.6. The highest BCUT2D eigenvalue weighted by Gasteiger charge is 2.17. The van der Waals surface area contributed by atoms with E-state index in [4.69, 9.17) is 4.74 Å². The van der Waals surface area contributed by atoms with E-state index in [1.165, 1.54) is 11.3 Å². The number of methoxy groups -OCH3 is 1. The van der Waals surface area contributed by atoms with Gasteiger partial charge in [0.1, 0.15) is 15.2 Å². The zero-order valence-corrected chi connectivity index (χ0v) is 17.7. The van der Waals surface area contributed by atoms with Crippen LogP contribution >= 0.6 is 43.2 Å².